The summed E-state index contributed by atoms with van der Waals surface area (Å²) in [5.74, 6) is -2.53. The van der Waals surface area contributed by atoms with E-state index in [4.69, 9.17) is 4.74 Å². The van der Waals surface area contributed by atoms with E-state index in [1.54, 1.807) is 0 Å². The van der Waals surface area contributed by atoms with Gasteiger partial charge >= 0.3 is 0 Å². The molecular formula is C8H15F2NO. The van der Waals surface area contributed by atoms with Crippen molar-refractivity contribution in [2.24, 2.45) is 0 Å². The van der Waals surface area contributed by atoms with Crippen molar-refractivity contribution in [2.45, 2.75) is 19.3 Å². The Labute approximate surface area is 71.5 Å². The van der Waals surface area contributed by atoms with Gasteiger partial charge in [-0.15, -0.1) is 0 Å². The van der Waals surface area contributed by atoms with Crippen LogP contribution in [0.25, 0.3) is 0 Å². The maximum absolute atomic E-state index is 12.4. The minimum Gasteiger partial charge on any atom is -0.379 e. The molecule has 0 amide bonds. The number of nitrogens with zero attached hydrogens (tertiary/aromatic N) is 1. The number of hydrogen-bond donors (Lipinski definition) is 0. The Morgan fingerprint density at radius 3 is 2.42 bits per heavy atom. The normalized spacial score (nSPS) is 21.2. The summed E-state index contributed by atoms with van der Waals surface area (Å²) in [6.07, 6.45) is -0.0486. The van der Waals surface area contributed by atoms with Gasteiger partial charge in [-0.2, -0.15) is 0 Å². The molecule has 12 heavy (non-hydrogen) atoms. The Bertz CT molecular complexity index is 130. The number of alkyl halides is 2. The first-order chi connectivity index (χ1) is 5.58. The third kappa shape index (κ3) is 3.97. The molecule has 0 aliphatic carbocycles. The highest BCUT2D eigenvalue weighted by molar-refractivity contribution is 4.66. The van der Waals surface area contributed by atoms with Gasteiger partial charge in [0.05, 0.1) is 13.2 Å². The minimum absolute atomic E-state index is 0.0486. The van der Waals surface area contributed by atoms with Crippen LogP contribution in [0.5, 0.6) is 0 Å². The van der Waals surface area contributed by atoms with E-state index in [0.29, 0.717) is 19.8 Å². The fourth-order valence-corrected chi connectivity index (χ4v) is 1.18. The maximum atomic E-state index is 12.4. The fraction of sp³-hybridized carbons (Fsp3) is 1.00. The number of rotatable bonds is 3. The van der Waals surface area contributed by atoms with Gasteiger partial charge in [-0.25, -0.2) is 8.78 Å². The molecule has 0 aromatic heterocycles. The summed E-state index contributed by atoms with van der Waals surface area (Å²) in [6.45, 7) is 4.37. The molecule has 1 saturated heterocycles. The van der Waals surface area contributed by atoms with Gasteiger partial charge in [0.1, 0.15) is 0 Å². The van der Waals surface area contributed by atoms with Crippen LogP contribution >= 0.6 is 0 Å². The van der Waals surface area contributed by atoms with Crippen molar-refractivity contribution in [1.82, 2.24) is 4.90 Å². The Morgan fingerprint density at radius 2 is 1.92 bits per heavy atom. The highest BCUT2D eigenvalue weighted by Crippen LogP contribution is 2.17. The van der Waals surface area contributed by atoms with Crippen LogP contribution in [-0.4, -0.2) is 43.7 Å². The van der Waals surface area contributed by atoms with E-state index in [2.05, 4.69) is 0 Å². The lowest BCUT2D eigenvalue weighted by atomic mass is 10.2. The topological polar surface area (TPSA) is 12.5 Å². The number of hydrogen-bond acceptors (Lipinski definition) is 2. The molecule has 0 N–H and O–H groups in total. The minimum atomic E-state index is -2.53. The number of halogens is 2. The standard InChI is InChI=1S/C8H15F2NO/c1-8(9,10)2-3-11-4-6-12-7-5-11/h2-7H2,1H3. The second-order valence-electron chi connectivity index (χ2n) is 3.27. The van der Waals surface area contributed by atoms with Gasteiger partial charge in [0.2, 0.25) is 5.92 Å². The zero-order chi connectivity index (χ0) is 9.03. The summed E-state index contributed by atoms with van der Waals surface area (Å²) in [7, 11) is 0. The molecule has 1 fully saturated rings. The van der Waals surface area contributed by atoms with Gasteiger partial charge in [-0.3, -0.25) is 4.90 Å². The molecule has 1 rings (SSSR count). The molecule has 0 aromatic rings. The lowest BCUT2D eigenvalue weighted by Gasteiger charge is -2.27. The Morgan fingerprint density at radius 1 is 1.33 bits per heavy atom. The Hall–Kier alpha value is -0.220. The van der Waals surface area contributed by atoms with Crippen molar-refractivity contribution < 1.29 is 13.5 Å². The summed E-state index contributed by atoms with van der Waals surface area (Å²) in [5, 5.41) is 0. The molecule has 1 aliphatic heterocycles. The number of morpholine rings is 1. The second-order valence-corrected chi connectivity index (χ2v) is 3.27. The van der Waals surface area contributed by atoms with E-state index in [-0.39, 0.29) is 6.42 Å². The Kier molecular flexibility index (Phi) is 3.40. The van der Waals surface area contributed by atoms with E-state index >= 15 is 0 Å². The van der Waals surface area contributed by atoms with Crippen molar-refractivity contribution in [1.29, 1.82) is 0 Å². The molecule has 0 spiro atoms. The van der Waals surface area contributed by atoms with Crippen LogP contribution in [0.15, 0.2) is 0 Å². The smallest absolute Gasteiger partial charge is 0.246 e. The fourth-order valence-electron chi connectivity index (χ4n) is 1.18. The van der Waals surface area contributed by atoms with Crippen molar-refractivity contribution in [2.75, 3.05) is 32.8 Å². The molecule has 0 atom stereocenters. The van der Waals surface area contributed by atoms with E-state index in [1.807, 2.05) is 4.90 Å². The Balaban J connectivity index is 2.13. The van der Waals surface area contributed by atoms with Crippen molar-refractivity contribution in [3.05, 3.63) is 0 Å². The summed E-state index contributed by atoms with van der Waals surface area (Å²) in [4.78, 5) is 2.01. The molecule has 1 heterocycles. The quantitative estimate of drug-likeness (QED) is 0.648. The average molecular weight is 179 g/mol. The number of ether oxygens (including phenoxy) is 1. The third-order valence-corrected chi connectivity index (χ3v) is 1.97. The van der Waals surface area contributed by atoms with Gasteiger partial charge in [-0.05, 0) is 6.92 Å². The van der Waals surface area contributed by atoms with Gasteiger partial charge in [0.15, 0.2) is 0 Å². The molecule has 4 heteroatoms. The van der Waals surface area contributed by atoms with Crippen molar-refractivity contribution in [3.8, 4) is 0 Å². The molecular weight excluding hydrogens is 164 g/mol. The summed E-state index contributed by atoms with van der Waals surface area (Å²) in [6, 6.07) is 0. The van der Waals surface area contributed by atoms with Crippen LogP contribution in [0.1, 0.15) is 13.3 Å². The van der Waals surface area contributed by atoms with E-state index < -0.39 is 5.92 Å². The highest BCUT2D eigenvalue weighted by atomic mass is 19.3. The molecule has 0 unspecified atom stereocenters. The van der Waals surface area contributed by atoms with E-state index in [1.165, 1.54) is 0 Å². The third-order valence-electron chi connectivity index (χ3n) is 1.97. The molecule has 0 aromatic carbocycles. The monoisotopic (exact) mass is 179 g/mol. The van der Waals surface area contributed by atoms with Crippen molar-refractivity contribution >= 4 is 0 Å². The van der Waals surface area contributed by atoms with Crippen LogP contribution in [0.3, 0.4) is 0 Å². The van der Waals surface area contributed by atoms with E-state index in [9.17, 15) is 8.78 Å². The molecule has 72 valence electrons. The van der Waals surface area contributed by atoms with Gasteiger partial charge in [-0.1, -0.05) is 0 Å². The average Bonchev–Trinajstić information content (AvgIpc) is 2.02. The van der Waals surface area contributed by atoms with Crippen LogP contribution < -0.4 is 0 Å². The van der Waals surface area contributed by atoms with Gasteiger partial charge in [0, 0.05) is 26.1 Å². The lowest BCUT2D eigenvalue weighted by Crippen LogP contribution is -2.38. The summed E-state index contributed by atoms with van der Waals surface area (Å²) in [5.41, 5.74) is 0. The zero-order valence-corrected chi connectivity index (χ0v) is 7.35. The van der Waals surface area contributed by atoms with Gasteiger partial charge in [0.25, 0.3) is 0 Å². The molecule has 0 saturated carbocycles. The first kappa shape index (κ1) is 9.86. The lowest BCUT2D eigenvalue weighted by molar-refractivity contribution is -0.0140. The predicted octanol–water partition coefficient (Wildman–Crippen LogP) is 1.36. The van der Waals surface area contributed by atoms with Crippen LogP contribution in [0.4, 0.5) is 8.78 Å². The summed E-state index contributed by atoms with van der Waals surface area (Å²) < 4.78 is 29.9. The summed E-state index contributed by atoms with van der Waals surface area (Å²) >= 11 is 0. The second kappa shape index (κ2) is 4.14. The van der Waals surface area contributed by atoms with Crippen molar-refractivity contribution in [3.63, 3.8) is 0 Å². The van der Waals surface area contributed by atoms with Gasteiger partial charge < -0.3 is 4.74 Å². The first-order valence-electron chi connectivity index (χ1n) is 4.26. The van der Waals surface area contributed by atoms with E-state index in [0.717, 1.165) is 20.0 Å². The highest BCUT2D eigenvalue weighted by Gasteiger charge is 2.22. The van der Waals surface area contributed by atoms with Crippen LogP contribution in [0, 0.1) is 0 Å². The van der Waals surface area contributed by atoms with Crippen LogP contribution in [-0.2, 0) is 4.74 Å². The molecule has 2 nitrogen and oxygen atoms in total. The zero-order valence-electron chi connectivity index (χ0n) is 7.35. The predicted molar refractivity (Wildman–Crippen MR) is 42.5 cm³/mol. The SMILES string of the molecule is CC(F)(F)CCN1CCOCC1. The molecule has 0 bridgehead atoms. The molecule has 1 aliphatic rings. The first-order valence-corrected chi connectivity index (χ1v) is 4.26. The van der Waals surface area contributed by atoms with Crippen LogP contribution in [0.2, 0.25) is 0 Å². The maximum Gasteiger partial charge on any atom is 0.246 e. The molecule has 0 radical (unpaired) electrons. The largest absolute Gasteiger partial charge is 0.379 e.